The van der Waals surface area contributed by atoms with Gasteiger partial charge in [0, 0.05) is 23.1 Å². The Balaban J connectivity index is 1.79. The molecule has 0 heterocycles. The van der Waals surface area contributed by atoms with E-state index in [1.165, 1.54) is 12.1 Å². The fourth-order valence-corrected chi connectivity index (χ4v) is 2.95. The van der Waals surface area contributed by atoms with Gasteiger partial charge in [-0.1, -0.05) is 37.3 Å². The van der Waals surface area contributed by atoms with Crippen molar-refractivity contribution in [1.82, 2.24) is 5.32 Å². The highest BCUT2D eigenvalue weighted by Crippen LogP contribution is 2.20. The third-order valence-corrected chi connectivity index (χ3v) is 4.55. The van der Waals surface area contributed by atoms with Crippen molar-refractivity contribution in [2.24, 2.45) is 5.92 Å². The lowest BCUT2D eigenvalue weighted by atomic mass is 10.2. The number of carbonyl (C=O) groups is 1. The largest absolute Gasteiger partial charge is 0.435 e. The molecule has 0 aromatic heterocycles. The van der Waals surface area contributed by atoms with E-state index in [0.29, 0.717) is 11.3 Å². The van der Waals surface area contributed by atoms with Crippen LogP contribution in [0, 0.1) is 5.92 Å². The number of halogens is 2. The molecule has 1 atom stereocenters. The fraction of sp³-hybridized carbons (Fsp3) is 0.278. The maximum absolute atomic E-state index is 12.2. The van der Waals surface area contributed by atoms with Gasteiger partial charge in [-0.15, -0.1) is 11.8 Å². The Morgan fingerprint density at radius 1 is 1.17 bits per heavy atom. The van der Waals surface area contributed by atoms with Crippen LogP contribution in [0.1, 0.15) is 12.5 Å². The van der Waals surface area contributed by atoms with E-state index in [0.717, 1.165) is 4.90 Å². The third kappa shape index (κ3) is 6.20. The smallest absolute Gasteiger partial charge is 0.387 e. The van der Waals surface area contributed by atoms with Crippen molar-refractivity contribution in [2.75, 3.05) is 5.75 Å². The van der Waals surface area contributed by atoms with E-state index < -0.39 is 6.61 Å². The Morgan fingerprint density at radius 2 is 1.92 bits per heavy atom. The average molecular weight is 351 g/mol. The number of rotatable bonds is 8. The molecule has 128 valence electrons. The highest BCUT2D eigenvalue weighted by Gasteiger charge is 2.13. The molecule has 1 unspecified atom stereocenters. The summed E-state index contributed by atoms with van der Waals surface area (Å²) in [5.41, 5.74) is 0.712. The van der Waals surface area contributed by atoms with E-state index in [4.69, 9.17) is 0 Å². The summed E-state index contributed by atoms with van der Waals surface area (Å²) in [4.78, 5) is 13.2. The summed E-state index contributed by atoms with van der Waals surface area (Å²) in [5.74, 6) is 0.531. The minimum Gasteiger partial charge on any atom is -0.435 e. The quantitative estimate of drug-likeness (QED) is 0.719. The van der Waals surface area contributed by atoms with Gasteiger partial charge in [0.05, 0.1) is 0 Å². The van der Waals surface area contributed by atoms with E-state index in [9.17, 15) is 13.6 Å². The lowest BCUT2D eigenvalue weighted by Gasteiger charge is -2.12. The number of alkyl halides is 2. The van der Waals surface area contributed by atoms with E-state index in [1.54, 1.807) is 23.9 Å². The molecule has 0 saturated carbocycles. The van der Waals surface area contributed by atoms with Crippen LogP contribution in [-0.4, -0.2) is 18.3 Å². The van der Waals surface area contributed by atoms with E-state index >= 15 is 0 Å². The lowest BCUT2D eigenvalue weighted by molar-refractivity contribution is -0.124. The van der Waals surface area contributed by atoms with Crippen molar-refractivity contribution in [2.45, 2.75) is 25.0 Å². The molecular formula is C18H19F2NO2S. The van der Waals surface area contributed by atoms with Crippen molar-refractivity contribution < 1.29 is 18.3 Å². The van der Waals surface area contributed by atoms with Gasteiger partial charge in [0.1, 0.15) is 5.75 Å². The number of carbonyl (C=O) groups excluding carboxylic acids is 1. The molecule has 2 aromatic rings. The number of hydrogen-bond acceptors (Lipinski definition) is 3. The number of benzene rings is 2. The Bertz CT molecular complexity index is 652. The second-order valence-electron chi connectivity index (χ2n) is 5.27. The number of ether oxygens (including phenoxy) is 1. The zero-order chi connectivity index (χ0) is 17.4. The molecule has 0 radical (unpaired) electrons. The Labute approximate surface area is 144 Å². The molecule has 3 nitrogen and oxygen atoms in total. The zero-order valence-electron chi connectivity index (χ0n) is 13.2. The summed E-state index contributed by atoms with van der Waals surface area (Å²) >= 11 is 1.62. The number of amides is 1. The first-order valence-corrected chi connectivity index (χ1v) is 8.52. The van der Waals surface area contributed by atoms with Crippen molar-refractivity contribution in [3.05, 3.63) is 60.2 Å². The highest BCUT2D eigenvalue weighted by molar-refractivity contribution is 7.99. The van der Waals surface area contributed by atoms with Gasteiger partial charge in [0.25, 0.3) is 0 Å². The standard InChI is InChI=1S/C18H19F2NO2S/c1-13(12-24-16-8-3-2-4-9-16)17(22)21-11-14-6-5-7-15(10-14)23-18(19)20/h2-10,13,18H,11-12H2,1H3,(H,21,22). The van der Waals surface area contributed by atoms with Crippen LogP contribution in [-0.2, 0) is 11.3 Å². The van der Waals surface area contributed by atoms with E-state index in [2.05, 4.69) is 10.1 Å². The molecule has 0 aliphatic rings. The van der Waals surface area contributed by atoms with E-state index in [-0.39, 0.29) is 24.1 Å². The summed E-state index contributed by atoms with van der Waals surface area (Å²) in [6.45, 7) is -0.717. The van der Waals surface area contributed by atoms with Gasteiger partial charge in [0.2, 0.25) is 5.91 Å². The van der Waals surface area contributed by atoms with Crippen LogP contribution in [0.25, 0.3) is 0 Å². The van der Waals surface area contributed by atoms with Gasteiger partial charge in [0.15, 0.2) is 0 Å². The predicted molar refractivity (Wildman–Crippen MR) is 91.3 cm³/mol. The van der Waals surface area contributed by atoms with Crippen molar-refractivity contribution >= 4 is 17.7 Å². The Hall–Kier alpha value is -2.08. The van der Waals surface area contributed by atoms with E-state index in [1.807, 2.05) is 37.3 Å². The SMILES string of the molecule is CC(CSc1ccccc1)C(=O)NCc1cccc(OC(F)F)c1. The first-order chi connectivity index (χ1) is 11.5. The van der Waals surface area contributed by atoms with Crippen LogP contribution in [0.3, 0.4) is 0 Å². The van der Waals surface area contributed by atoms with Gasteiger partial charge in [-0.05, 0) is 29.8 Å². The highest BCUT2D eigenvalue weighted by atomic mass is 32.2. The van der Waals surface area contributed by atoms with Crippen molar-refractivity contribution in [3.8, 4) is 5.75 Å². The molecule has 0 aliphatic carbocycles. The van der Waals surface area contributed by atoms with Crippen LogP contribution in [0.4, 0.5) is 8.78 Å². The molecule has 24 heavy (non-hydrogen) atoms. The zero-order valence-corrected chi connectivity index (χ0v) is 14.1. The Morgan fingerprint density at radius 3 is 2.62 bits per heavy atom. The molecule has 6 heteroatoms. The van der Waals surface area contributed by atoms with Gasteiger partial charge in [-0.25, -0.2) is 0 Å². The molecular weight excluding hydrogens is 332 g/mol. The maximum atomic E-state index is 12.2. The van der Waals surface area contributed by atoms with Crippen LogP contribution in [0.2, 0.25) is 0 Å². The summed E-state index contributed by atoms with van der Waals surface area (Å²) in [5, 5.41) is 2.82. The first kappa shape index (κ1) is 18.3. The minimum atomic E-state index is -2.86. The molecule has 0 bridgehead atoms. The normalized spacial score (nSPS) is 12.0. The fourth-order valence-electron chi connectivity index (χ4n) is 2.01. The average Bonchev–Trinajstić information content (AvgIpc) is 2.58. The maximum Gasteiger partial charge on any atom is 0.387 e. The van der Waals surface area contributed by atoms with Crippen LogP contribution in [0.15, 0.2) is 59.5 Å². The molecule has 1 amide bonds. The summed E-state index contributed by atoms with van der Waals surface area (Å²) in [6, 6.07) is 16.2. The predicted octanol–water partition coefficient (Wildman–Crippen LogP) is 4.33. The second kappa shape index (κ2) is 9.27. The van der Waals surface area contributed by atoms with Crippen LogP contribution in [0.5, 0.6) is 5.75 Å². The molecule has 0 fully saturated rings. The first-order valence-electron chi connectivity index (χ1n) is 7.54. The van der Waals surface area contributed by atoms with Gasteiger partial charge in [-0.3, -0.25) is 4.79 Å². The van der Waals surface area contributed by atoms with Gasteiger partial charge < -0.3 is 10.1 Å². The Kier molecular flexibility index (Phi) is 7.06. The molecule has 0 aliphatic heterocycles. The second-order valence-corrected chi connectivity index (χ2v) is 6.36. The topological polar surface area (TPSA) is 38.3 Å². The lowest BCUT2D eigenvalue weighted by Crippen LogP contribution is -2.29. The van der Waals surface area contributed by atoms with Crippen LogP contribution < -0.4 is 10.1 Å². The molecule has 0 saturated heterocycles. The monoisotopic (exact) mass is 351 g/mol. The number of thioether (sulfide) groups is 1. The molecule has 1 N–H and O–H groups in total. The molecule has 2 aromatic carbocycles. The van der Waals surface area contributed by atoms with Crippen LogP contribution >= 0.6 is 11.8 Å². The van der Waals surface area contributed by atoms with Gasteiger partial charge in [-0.2, -0.15) is 8.78 Å². The number of hydrogen-bond donors (Lipinski definition) is 1. The van der Waals surface area contributed by atoms with Gasteiger partial charge >= 0.3 is 6.61 Å². The third-order valence-electron chi connectivity index (χ3n) is 3.28. The molecule has 2 rings (SSSR count). The number of nitrogens with one attached hydrogen (secondary N) is 1. The van der Waals surface area contributed by atoms with Crippen molar-refractivity contribution in [3.63, 3.8) is 0 Å². The summed E-state index contributed by atoms with van der Waals surface area (Å²) in [7, 11) is 0. The minimum absolute atomic E-state index is 0.0707. The molecule has 0 spiro atoms. The van der Waals surface area contributed by atoms with Crippen molar-refractivity contribution in [1.29, 1.82) is 0 Å². The summed E-state index contributed by atoms with van der Waals surface area (Å²) in [6.07, 6.45) is 0. The summed E-state index contributed by atoms with van der Waals surface area (Å²) < 4.78 is 28.8.